The van der Waals surface area contributed by atoms with Gasteiger partial charge in [0.25, 0.3) is 0 Å². The van der Waals surface area contributed by atoms with E-state index in [4.69, 9.17) is 5.73 Å². The van der Waals surface area contributed by atoms with Crippen molar-refractivity contribution in [1.29, 1.82) is 0 Å². The number of aromatic amines is 1. The van der Waals surface area contributed by atoms with E-state index in [0.717, 1.165) is 26.2 Å². The van der Waals surface area contributed by atoms with Gasteiger partial charge in [-0.05, 0) is 22.9 Å². The molecular formula is C19H22N6O. The molecule has 1 aromatic heterocycles. The Labute approximate surface area is 151 Å². The highest BCUT2D eigenvalue weighted by atomic mass is 16.2. The number of anilines is 2. The first-order valence-electron chi connectivity index (χ1n) is 8.87. The molecule has 2 heterocycles. The van der Waals surface area contributed by atoms with Crippen molar-refractivity contribution in [3.05, 3.63) is 48.3 Å². The van der Waals surface area contributed by atoms with Crippen molar-refractivity contribution in [3.8, 4) is 0 Å². The van der Waals surface area contributed by atoms with Crippen LogP contribution in [-0.4, -0.2) is 52.2 Å². The largest absolute Gasteiger partial charge is 0.368 e. The predicted molar refractivity (Wildman–Crippen MR) is 102 cm³/mol. The van der Waals surface area contributed by atoms with Gasteiger partial charge >= 0.3 is 0 Å². The number of carbonyl (C=O) groups is 1. The first-order chi connectivity index (χ1) is 12.7. The van der Waals surface area contributed by atoms with E-state index in [0.29, 0.717) is 18.7 Å². The number of amides is 1. The summed E-state index contributed by atoms with van der Waals surface area (Å²) in [5.74, 6) is 1.03. The Morgan fingerprint density at radius 2 is 1.85 bits per heavy atom. The Kier molecular flexibility index (Phi) is 4.43. The number of aryl methyl sites for hydroxylation is 1. The highest BCUT2D eigenvalue weighted by Crippen LogP contribution is 2.23. The van der Waals surface area contributed by atoms with Crippen LogP contribution in [0, 0.1) is 0 Å². The van der Waals surface area contributed by atoms with E-state index >= 15 is 0 Å². The smallest absolute Gasteiger partial charge is 0.239 e. The Bertz CT molecular complexity index is 913. The molecule has 4 rings (SSSR count). The molecule has 26 heavy (non-hydrogen) atoms. The molecule has 2 aromatic carbocycles. The van der Waals surface area contributed by atoms with E-state index in [1.54, 1.807) is 0 Å². The highest BCUT2D eigenvalue weighted by molar-refractivity contribution is 5.86. The van der Waals surface area contributed by atoms with Crippen molar-refractivity contribution in [2.75, 3.05) is 36.8 Å². The van der Waals surface area contributed by atoms with Crippen LogP contribution in [0.5, 0.6) is 0 Å². The quantitative estimate of drug-likeness (QED) is 0.749. The summed E-state index contributed by atoms with van der Waals surface area (Å²) in [6.07, 6.45) is 0.957. The Morgan fingerprint density at radius 3 is 2.58 bits per heavy atom. The zero-order valence-electron chi connectivity index (χ0n) is 14.6. The van der Waals surface area contributed by atoms with Crippen LogP contribution < -0.4 is 10.6 Å². The van der Waals surface area contributed by atoms with Gasteiger partial charge in [-0.2, -0.15) is 4.98 Å². The molecule has 0 aliphatic carbocycles. The number of nitrogen functional groups attached to an aromatic ring is 1. The number of benzene rings is 2. The highest BCUT2D eigenvalue weighted by Gasteiger charge is 2.21. The first kappa shape index (κ1) is 16.4. The average Bonchev–Trinajstić information content (AvgIpc) is 3.11. The molecule has 1 saturated heterocycles. The summed E-state index contributed by atoms with van der Waals surface area (Å²) in [7, 11) is 0. The lowest BCUT2D eigenvalue weighted by atomic mass is 10.1. The van der Waals surface area contributed by atoms with Gasteiger partial charge < -0.3 is 15.5 Å². The van der Waals surface area contributed by atoms with Gasteiger partial charge in [-0.15, -0.1) is 5.10 Å². The van der Waals surface area contributed by atoms with E-state index in [1.165, 1.54) is 16.5 Å². The minimum absolute atomic E-state index is 0.151. The molecule has 1 aliphatic rings. The summed E-state index contributed by atoms with van der Waals surface area (Å²) in [6.45, 7) is 3.17. The average molecular weight is 350 g/mol. The number of rotatable bonds is 4. The second kappa shape index (κ2) is 7.03. The van der Waals surface area contributed by atoms with Gasteiger partial charge in [0.15, 0.2) is 0 Å². The van der Waals surface area contributed by atoms with Crippen molar-refractivity contribution >= 4 is 28.3 Å². The zero-order valence-corrected chi connectivity index (χ0v) is 14.6. The predicted octanol–water partition coefficient (Wildman–Crippen LogP) is 1.82. The van der Waals surface area contributed by atoms with E-state index < -0.39 is 0 Å². The molecule has 3 N–H and O–H groups in total. The third-order valence-electron chi connectivity index (χ3n) is 4.86. The number of piperazine rings is 1. The number of hydrogen-bond donors (Lipinski definition) is 2. The third-order valence-corrected chi connectivity index (χ3v) is 4.86. The van der Waals surface area contributed by atoms with Gasteiger partial charge in [0.1, 0.15) is 5.82 Å². The van der Waals surface area contributed by atoms with Crippen LogP contribution in [0.2, 0.25) is 0 Å². The summed E-state index contributed by atoms with van der Waals surface area (Å²) >= 11 is 0. The molecule has 0 bridgehead atoms. The first-order valence-corrected chi connectivity index (χ1v) is 8.87. The van der Waals surface area contributed by atoms with Crippen LogP contribution in [0.15, 0.2) is 42.5 Å². The van der Waals surface area contributed by atoms with Crippen molar-refractivity contribution < 1.29 is 4.79 Å². The molecular weight excluding hydrogens is 328 g/mol. The van der Waals surface area contributed by atoms with Gasteiger partial charge in [0.2, 0.25) is 11.9 Å². The fourth-order valence-corrected chi connectivity index (χ4v) is 3.39. The Balaban J connectivity index is 1.33. The summed E-state index contributed by atoms with van der Waals surface area (Å²) in [5.41, 5.74) is 6.69. The standard InChI is InChI=1S/C19H22N6O/c20-19-21-17(22-23-19)7-8-18(26)25-11-9-24(10-12-25)16-6-5-14-3-1-2-4-15(14)13-16/h1-6,13H,7-12H2,(H3,20,21,22,23). The maximum absolute atomic E-state index is 12.4. The molecule has 7 heteroatoms. The van der Waals surface area contributed by atoms with E-state index in [1.807, 2.05) is 4.90 Å². The van der Waals surface area contributed by atoms with Crippen molar-refractivity contribution in [2.24, 2.45) is 0 Å². The fourth-order valence-electron chi connectivity index (χ4n) is 3.39. The number of nitrogens with one attached hydrogen (secondary N) is 1. The van der Waals surface area contributed by atoms with Crippen LogP contribution in [0.1, 0.15) is 12.2 Å². The van der Waals surface area contributed by atoms with E-state index in [2.05, 4.69) is 62.5 Å². The molecule has 1 amide bonds. The van der Waals surface area contributed by atoms with Crippen molar-refractivity contribution in [1.82, 2.24) is 20.1 Å². The lowest BCUT2D eigenvalue weighted by molar-refractivity contribution is -0.131. The number of carbonyl (C=O) groups excluding carboxylic acids is 1. The molecule has 7 nitrogen and oxygen atoms in total. The number of aromatic nitrogens is 3. The lowest BCUT2D eigenvalue weighted by Gasteiger charge is -2.36. The van der Waals surface area contributed by atoms with Crippen molar-refractivity contribution in [2.45, 2.75) is 12.8 Å². The van der Waals surface area contributed by atoms with Gasteiger partial charge in [-0.3, -0.25) is 9.89 Å². The van der Waals surface area contributed by atoms with E-state index in [9.17, 15) is 4.79 Å². The monoisotopic (exact) mass is 350 g/mol. The summed E-state index contributed by atoms with van der Waals surface area (Å²) in [4.78, 5) is 20.7. The van der Waals surface area contributed by atoms with Gasteiger partial charge in [-0.1, -0.05) is 30.3 Å². The fraction of sp³-hybridized carbons (Fsp3) is 0.316. The van der Waals surface area contributed by atoms with Gasteiger partial charge in [0, 0.05) is 44.7 Å². The Hall–Kier alpha value is -3.09. The molecule has 0 atom stereocenters. The number of H-pyrrole nitrogens is 1. The number of nitrogens with two attached hydrogens (primary N) is 1. The molecule has 134 valence electrons. The summed E-state index contributed by atoms with van der Waals surface area (Å²) in [5, 5.41) is 9.02. The van der Waals surface area contributed by atoms with Crippen LogP contribution in [0.3, 0.4) is 0 Å². The van der Waals surface area contributed by atoms with E-state index in [-0.39, 0.29) is 11.9 Å². The molecule has 1 fully saturated rings. The molecule has 0 saturated carbocycles. The second-order valence-electron chi connectivity index (χ2n) is 6.54. The molecule has 0 spiro atoms. The maximum atomic E-state index is 12.4. The number of hydrogen-bond acceptors (Lipinski definition) is 5. The SMILES string of the molecule is Nc1n[nH]c(CCC(=O)N2CCN(c3ccc4ccccc4c3)CC2)n1. The molecule has 1 aliphatic heterocycles. The van der Waals surface area contributed by atoms with Crippen LogP contribution in [0.25, 0.3) is 10.8 Å². The number of fused-ring (bicyclic) bond motifs is 1. The topological polar surface area (TPSA) is 91.1 Å². The van der Waals surface area contributed by atoms with Gasteiger partial charge in [-0.25, -0.2) is 0 Å². The van der Waals surface area contributed by atoms with Crippen LogP contribution in [-0.2, 0) is 11.2 Å². The molecule has 3 aromatic rings. The maximum Gasteiger partial charge on any atom is 0.239 e. The minimum atomic E-state index is 0.151. The second-order valence-corrected chi connectivity index (χ2v) is 6.54. The molecule has 0 radical (unpaired) electrons. The summed E-state index contributed by atoms with van der Waals surface area (Å²) < 4.78 is 0. The summed E-state index contributed by atoms with van der Waals surface area (Å²) in [6, 6.07) is 14.9. The molecule has 0 unspecified atom stereocenters. The third kappa shape index (κ3) is 3.46. The zero-order chi connectivity index (χ0) is 17.9. The van der Waals surface area contributed by atoms with Crippen LogP contribution >= 0.6 is 0 Å². The van der Waals surface area contributed by atoms with Crippen molar-refractivity contribution in [3.63, 3.8) is 0 Å². The minimum Gasteiger partial charge on any atom is -0.368 e. The Morgan fingerprint density at radius 1 is 1.08 bits per heavy atom. The van der Waals surface area contributed by atoms with Crippen LogP contribution in [0.4, 0.5) is 11.6 Å². The normalized spacial score (nSPS) is 14.8. The van der Waals surface area contributed by atoms with Gasteiger partial charge in [0.05, 0.1) is 0 Å². The lowest BCUT2D eigenvalue weighted by Crippen LogP contribution is -2.48. The number of nitrogens with zero attached hydrogens (tertiary/aromatic N) is 4.